The first-order valence-corrected chi connectivity index (χ1v) is 8.50. The predicted octanol–water partition coefficient (Wildman–Crippen LogP) is 0.487. The van der Waals surface area contributed by atoms with Crippen LogP contribution in [0, 0.1) is 0 Å². The number of fused-ring (bicyclic) bond motifs is 1. The topological polar surface area (TPSA) is 95.3 Å². The minimum atomic E-state index is -0.184. The molecule has 9 nitrogen and oxygen atoms in total. The van der Waals surface area contributed by atoms with Gasteiger partial charge in [-0.15, -0.1) is 0 Å². The maximum Gasteiger partial charge on any atom is 0.264 e. The molecule has 1 aliphatic heterocycles. The standard InChI is InChI=1S/C16H20N8O/c1-2-3-12-10-15(24-16(19-12)17-11-18-24)23-8-6-22(7-9-23)13-4-5-14(25)21-20-13/h4-5,10-11H,2-3,6-9H2,1H3,(H,21,25). The van der Waals surface area contributed by atoms with Gasteiger partial charge in [0.15, 0.2) is 0 Å². The van der Waals surface area contributed by atoms with Gasteiger partial charge in [0.05, 0.1) is 0 Å². The monoisotopic (exact) mass is 340 g/mol. The average molecular weight is 340 g/mol. The number of aromatic amines is 1. The SMILES string of the molecule is CCCc1cc(N2CCN(c3ccc(=O)[nH]n3)CC2)n2ncnc2n1. The molecule has 0 amide bonds. The number of nitrogens with zero attached hydrogens (tertiary/aromatic N) is 7. The summed E-state index contributed by atoms with van der Waals surface area (Å²) in [7, 11) is 0. The fraction of sp³-hybridized carbons (Fsp3) is 0.438. The highest BCUT2D eigenvalue weighted by Gasteiger charge is 2.21. The van der Waals surface area contributed by atoms with E-state index in [0.29, 0.717) is 5.78 Å². The Morgan fingerprint density at radius 3 is 2.68 bits per heavy atom. The highest BCUT2D eigenvalue weighted by atomic mass is 16.1. The Hall–Kier alpha value is -2.97. The van der Waals surface area contributed by atoms with Crippen molar-refractivity contribution in [2.75, 3.05) is 36.0 Å². The van der Waals surface area contributed by atoms with Crippen LogP contribution in [0.1, 0.15) is 19.0 Å². The van der Waals surface area contributed by atoms with Crippen molar-refractivity contribution in [1.82, 2.24) is 29.8 Å². The van der Waals surface area contributed by atoms with Crippen LogP contribution in [0.2, 0.25) is 0 Å². The lowest BCUT2D eigenvalue weighted by atomic mass is 10.2. The molecule has 0 aliphatic carbocycles. The second-order valence-corrected chi connectivity index (χ2v) is 6.08. The number of anilines is 2. The molecule has 130 valence electrons. The van der Waals surface area contributed by atoms with Crippen LogP contribution in [0.3, 0.4) is 0 Å². The lowest BCUT2D eigenvalue weighted by Gasteiger charge is -2.36. The van der Waals surface area contributed by atoms with Gasteiger partial charge in [-0.1, -0.05) is 13.3 Å². The van der Waals surface area contributed by atoms with Gasteiger partial charge in [0.25, 0.3) is 11.3 Å². The number of aromatic nitrogens is 6. The molecule has 1 fully saturated rings. The highest BCUT2D eigenvalue weighted by Crippen LogP contribution is 2.20. The summed E-state index contributed by atoms with van der Waals surface area (Å²) in [5.41, 5.74) is 0.860. The molecule has 0 spiro atoms. The first-order valence-electron chi connectivity index (χ1n) is 8.50. The predicted molar refractivity (Wildman–Crippen MR) is 94.1 cm³/mol. The van der Waals surface area contributed by atoms with Gasteiger partial charge >= 0.3 is 0 Å². The molecular formula is C16H20N8O. The third-order valence-electron chi connectivity index (χ3n) is 4.38. The number of H-pyrrole nitrogens is 1. The Labute approximate surface area is 144 Å². The van der Waals surface area contributed by atoms with Crippen molar-refractivity contribution < 1.29 is 0 Å². The summed E-state index contributed by atoms with van der Waals surface area (Å²) >= 11 is 0. The van der Waals surface area contributed by atoms with Crippen LogP contribution in [0.15, 0.2) is 29.3 Å². The maximum atomic E-state index is 11.2. The van der Waals surface area contributed by atoms with Gasteiger partial charge in [0, 0.05) is 44.0 Å². The van der Waals surface area contributed by atoms with E-state index in [4.69, 9.17) is 0 Å². The number of nitrogens with one attached hydrogen (secondary N) is 1. The van der Waals surface area contributed by atoms with Crippen LogP contribution < -0.4 is 15.4 Å². The Morgan fingerprint density at radius 1 is 1.16 bits per heavy atom. The van der Waals surface area contributed by atoms with Gasteiger partial charge in [-0.05, 0) is 12.5 Å². The zero-order chi connectivity index (χ0) is 17.2. The minimum Gasteiger partial charge on any atom is -0.353 e. The minimum absolute atomic E-state index is 0.184. The summed E-state index contributed by atoms with van der Waals surface area (Å²) in [6, 6.07) is 5.38. The zero-order valence-electron chi connectivity index (χ0n) is 14.1. The van der Waals surface area contributed by atoms with Crippen LogP contribution in [0.5, 0.6) is 0 Å². The number of hydrogen-bond donors (Lipinski definition) is 1. The van der Waals surface area contributed by atoms with E-state index < -0.39 is 0 Å². The molecule has 1 saturated heterocycles. The summed E-state index contributed by atoms with van der Waals surface area (Å²) in [4.78, 5) is 24.4. The fourth-order valence-electron chi connectivity index (χ4n) is 3.13. The van der Waals surface area contributed by atoms with Crippen molar-refractivity contribution in [3.05, 3.63) is 40.6 Å². The summed E-state index contributed by atoms with van der Waals surface area (Å²) in [5, 5.41) is 10.9. The molecule has 0 atom stereocenters. The van der Waals surface area contributed by atoms with E-state index >= 15 is 0 Å². The summed E-state index contributed by atoms with van der Waals surface area (Å²) < 4.78 is 1.80. The molecule has 4 heterocycles. The Balaban J connectivity index is 1.56. The van der Waals surface area contributed by atoms with Crippen LogP contribution in [-0.4, -0.2) is 56.0 Å². The van der Waals surface area contributed by atoms with Gasteiger partial charge in [0.2, 0.25) is 0 Å². The molecule has 0 radical (unpaired) electrons. The molecule has 4 rings (SSSR count). The normalized spacial score (nSPS) is 15.1. The Bertz CT molecular complexity index is 905. The lowest BCUT2D eigenvalue weighted by Crippen LogP contribution is -2.47. The number of aryl methyl sites for hydroxylation is 1. The van der Waals surface area contributed by atoms with Gasteiger partial charge in [-0.25, -0.2) is 10.1 Å². The van der Waals surface area contributed by atoms with Crippen LogP contribution in [0.4, 0.5) is 11.6 Å². The molecular weight excluding hydrogens is 320 g/mol. The summed E-state index contributed by atoms with van der Waals surface area (Å²) in [6.45, 7) is 5.46. The maximum absolute atomic E-state index is 11.2. The molecule has 0 saturated carbocycles. The molecule has 3 aromatic rings. The molecule has 0 unspecified atom stereocenters. The van der Waals surface area contributed by atoms with Crippen LogP contribution >= 0.6 is 0 Å². The smallest absolute Gasteiger partial charge is 0.264 e. The van der Waals surface area contributed by atoms with Crippen molar-refractivity contribution in [3.8, 4) is 0 Å². The fourth-order valence-corrected chi connectivity index (χ4v) is 3.13. The largest absolute Gasteiger partial charge is 0.353 e. The second kappa shape index (κ2) is 6.50. The zero-order valence-corrected chi connectivity index (χ0v) is 14.1. The molecule has 1 N–H and O–H groups in total. The quantitative estimate of drug-likeness (QED) is 0.738. The molecule has 0 aromatic carbocycles. The van der Waals surface area contributed by atoms with E-state index in [-0.39, 0.29) is 5.56 Å². The van der Waals surface area contributed by atoms with Crippen LogP contribution in [0.25, 0.3) is 5.78 Å². The summed E-state index contributed by atoms with van der Waals surface area (Å²) in [5.74, 6) is 2.47. The van der Waals surface area contributed by atoms with Gasteiger partial charge in [-0.3, -0.25) is 4.79 Å². The molecule has 1 aliphatic rings. The van der Waals surface area contributed by atoms with Gasteiger partial charge in [-0.2, -0.15) is 19.7 Å². The highest BCUT2D eigenvalue weighted by molar-refractivity contribution is 5.49. The van der Waals surface area contributed by atoms with Gasteiger partial charge in [0.1, 0.15) is 18.0 Å². The Morgan fingerprint density at radius 2 is 1.96 bits per heavy atom. The third-order valence-corrected chi connectivity index (χ3v) is 4.38. The van der Waals surface area contributed by atoms with Crippen molar-refractivity contribution in [3.63, 3.8) is 0 Å². The van der Waals surface area contributed by atoms with Gasteiger partial charge < -0.3 is 9.80 Å². The van der Waals surface area contributed by atoms with Crippen molar-refractivity contribution >= 4 is 17.4 Å². The Kier molecular flexibility index (Phi) is 4.04. The molecule has 9 heteroatoms. The lowest BCUT2D eigenvalue weighted by molar-refractivity contribution is 0.628. The van der Waals surface area contributed by atoms with E-state index in [0.717, 1.165) is 56.4 Å². The number of hydrogen-bond acceptors (Lipinski definition) is 7. The van der Waals surface area contributed by atoms with Crippen molar-refractivity contribution in [2.45, 2.75) is 19.8 Å². The molecule has 0 bridgehead atoms. The molecule has 3 aromatic heterocycles. The molecule has 25 heavy (non-hydrogen) atoms. The number of piperazine rings is 1. The van der Waals surface area contributed by atoms with Crippen LogP contribution in [-0.2, 0) is 6.42 Å². The third kappa shape index (κ3) is 3.04. The first-order chi connectivity index (χ1) is 12.2. The first kappa shape index (κ1) is 15.6. The van der Waals surface area contributed by atoms with E-state index in [1.807, 2.05) is 0 Å². The van der Waals surface area contributed by atoms with Crippen molar-refractivity contribution in [1.29, 1.82) is 0 Å². The average Bonchev–Trinajstić information content (AvgIpc) is 3.11. The van der Waals surface area contributed by atoms with E-state index in [1.165, 1.54) is 6.07 Å². The van der Waals surface area contributed by atoms with Crippen molar-refractivity contribution in [2.24, 2.45) is 0 Å². The van der Waals surface area contributed by atoms with E-state index in [9.17, 15) is 4.79 Å². The second-order valence-electron chi connectivity index (χ2n) is 6.08. The summed E-state index contributed by atoms with van der Waals surface area (Å²) in [6.07, 6.45) is 3.52. The van der Waals surface area contributed by atoms with E-state index in [2.05, 4.69) is 48.1 Å². The van der Waals surface area contributed by atoms with E-state index in [1.54, 1.807) is 16.9 Å². The number of rotatable bonds is 4.